The average Bonchev–Trinajstić information content (AvgIpc) is 2.54. The number of aromatic nitrogens is 2. The summed E-state index contributed by atoms with van der Waals surface area (Å²) in [6, 6.07) is 4.75. The molecule has 0 radical (unpaired) electrons. The van der Waals surface area contributed by atoms with Gasteiger partial charge in [0.2, 0.25) is 0 Å². The van der Waals surface area contributed by atoms with Crippen molar-refractivity contribution in [3.05, 3.63) is 34.5 Å². The Labute approximate surface area is 123 Å². The van der Waals surface area contributed by atoms with Crippen LogP contribution < -0.4 is 11.4 Å². The fourth-order valence-electron chi connectivity index (χ4n) is 2.32. The maximum Gasteiger partial charge on any atom is 0.328 e. The van der Waals surface area contributed by atoms with Gasteiger partial charge in [0.25, 0.3) is 0 Å². The largest absolute Gasteiger partial charge is 0.328 e. The molecule has 2 N–H and O–H groups in total. The monoisotopic (exact) mass is 301 g/mol. The van der Waals surface area contributed by atoms with Crippen LogP contribution in [0.1, 0.15) is 26.7 Å². The Morgan fingerprint density at radius 1 is 1.35 bits per heavy atom. The van der Waals surface area contributed by atoms with E-state index in [9.17, 15) is 9.18 Å². The van der Waals surface area contributed by atoms with Gasteiger partial charge in [0.1, 0.15) is 11.3 Å². The minimum atomic E-state index is -0.359. The fraction of sp³-hybridized carbons (Fsp3) is 0.500. The van der Waals surface area contributed by atoms with Crippen molar-refractivity contribution in [2.75, 3.05) is 0 Å². The molecule has 2 aromatic rings. The van der Waals surface area contributed by atoms with Crippen molar-refractivity contribution in [3.63, 3.8) is 0 Å². The molecule has 0 aliphatic rings. The first kappa shape index (κ1) is 16.7. The van der Waals surface area contributed by atoms with Crippen LogP contribution in [0.5, 0.6) is 0 Å². The average molecular weight is 302 g/mol. The Kier molecular flexibility index (Phi) is 5.00. The maximum absolute atomic E-state index is 13.9. The van der Waals surface area contributed by atoms with Crippen LogP contribution in [0.3, 0.4) is 0 Å². The van der Waals surface area contributed by atoms with Gasteiger partial charge in [-0.15, -0.1) is 12.4 Å². The first-order chi connectivity index (χ1) is 8.81. The van der Waals surface area contributed by atoms with Gasteiger partial charge in [0.15, 0.2) is 0 Å². The SMILES string of the molecule is Cl.Cn1c(=O)n(CCCC(C)(C)N)c2c(F)cccc21. The second-order valence-corrected chi connectivity index (χ2v) is 5.69. The molecule has 0 bridgehead atoms. The lowest BCUT2D eigenvalue weighted by molar-refractivity contribution is 0.436. The quantitative estimate of drug-likeness (QED) is 0.943. The standard InChI is InChI=1S/C14H20FN3O.ClH/c1-14(2,16)8-5-9-18-12-10(15)6-4-7-11(12)17(3)13(18)19;/h4,6-7H,5,8-9,16H2,1-3H3;1H. The molecule has 6 heteroatoms. The van der Waals surface area contributed by atoms with Gasteiger partial charge in [0, 0.05) is 19.1 Å². The normalized spacial score (nSPS) is 11.7. The van der Waals surface area contributed by atoms with Crippen LogP contribution in [0.15, 0.2) is 23.0 Å². The van der Waals surface area contributed by atoms with Crippen molar-refractivity contribution in [2.24, 2.45) is 12.8 Å². The molecule has 1 aromatic carbocycles. The zero-order chi connectivity index (χ0) is 14.2. The molecule has 20 heavy (non-hydrogen) atoms. The first-order valence-electron chi connectivity index (χ1n) is 6.44. The summed E-state index contributed by atoms with van der Waals surface area (Å²) in [5.74, 6) is -0.359. The van der Waals surface area contributed by atoms with Gasteiger partial charge in [-0.05, 0) is 38.8 Å². The predicted molar refractivity (Wildman–Crippen MR) is 81.9 cm³/mol. The Balaban J connectivity index is 0.00000200. The van der Waals surface area contributed by atoms with E-state index in [4.69, 9.17) is 5.73 Å². The minimum absolute atomic E-state index is 0. The molecule has 0 aliphatic carbocycles. The second kappa shape index (κ2) is 5.97. The second-order valence-electron chi connectivity index (χ2n) is 5.69. The predicted octanol–water partition coefficient (Wildman–Crippen LogP) is 2.42. The highest BCUT2D eigenvalue weighted by molar-refractivity contribution is 5.85. The van der Waals surface area contributed by atoms with Crippen molar-refractivity contribution < 1.29 is 4.39 Å². The molecule has 112 valence electrons. The lowest BCUT2D eigenvalue weighted by Gasteiger charge is -2.17. The molecular weight excluding hydrogens is 281 g/mol. The van der Waals surface area contributed by atoms with E-state index in [-0.39, 0.29) is 29.5 Å². The molecule has 1 aromatic heterocycles. The van der Waals surface area contributed by atoms with Gasteiger partial charge in [-0.3, -0.25) is 9.13 Å². The lowest BCUT2D eigenvalue weighted by atomic mass is 10.0. The molecule has 0 fully saturated rings. The van der Waals surface area contributed by atoms with Gasteiger partial charge < -0.3 is 5.73 Å². The first-order valence-corrected chi connectivity index (χ1v) is 6.44. The molecule has 0 amide bonds. The topological polar surface area (TPSA) is 53.0 Å². The number of aryl methyl sites for hydroxylation is 2. The van der Waals surface area contributed by atoms with Crippen LogP contribution >= 0.6 is 12.4 Å². The number of halogens is 2. The Bertz CT molecular complexity index is 655. The summed E-state index contributed by atoms with van der Waals surface area (Å²) in [6.45, 7) is 4.37. The number of hydrogen-bond donors (Lipinski definition) is 1. The summed E-state index contributed by atoms with van der Waals surface area (Å²) in [7, 11) is 1.66. The van der Waals surface area contributed by atoms with E-state index >= 15 is 0 Å². The molecule has 0 atom stereocenters. The van der Waals surface area contributed by atoms with Crippen molar-refractivity contribution >= 4 is 23.4 Å². The van der Waals surface area contributed by atoms with Crippen LogP contribution in [-0.4, -0.2) is 14.7 Å². The molecule has 0 aliphatic heterocycles. The van der Waals surface area contributed by atoms with E-state index in [0.29, 0.717) is 17.6 Å². The van der Waals surface area contributed by atoms with Crippen molar-refractivity contribution in [1.82, 2.24) is 9.13 Å². The zero-order valence-electron chi connectivity index (χ0n) is 12.0. The number of imidazole rings is 1. The van der Waals surface area contributed by atoms with Gasteiger partial charge in [-0.1, -0.05) is 6.07 Å². The molecule has 4 nitrogen and oxygen atoms in total. The molecular formula is C14H21ClFN3O. The number of rotatable bonds is 4. The summed E-state index contributed by atoms with van der Waals surface area (Å²) < 4.78 is 16.9. The highest BCUT2D eigenvalue weighted by Crippen LogP contribution is 2.17. The fourth-order valence-corrected chi connectivity index (χ4v) is 2.32. The number of para-hydroxylation sites is 1. The van der Waals surface area contributed by atoms with Gasteiger partial charge in [-0.2, -0.15) is 0 Å². The Morgan fingerprint density at radius 3 is 2.60 bits per heavy atom. The third-order valence-electron chi connectivity index (χ3n) is 3.32. The van der Waals surface area contributed by atoms with Crippen molar-refractivity contribution in [3.8, 4) is 0 Å². The molecule has 0 saturated heterocycles. The smallest absolute Gasteiger partial charge is 0.326 e. The molecule has 0 saturated carbocycles. The summed E-state index contributed by atoms with van der Waals surface area (Å²) in [6.07, 6.45) is 1.53. The Hall–Kier alpha value is -1.33. The maximum atomic E-state index is 13.9. The van der Waals surface area contributed by atoms with Crippen molar-refractivity contribution in [1.29, 1.82) is 0 Å². The number of benzene rings is 1. The minimum Gasteiger partial charge on any atom is -0.326 e. The molecule has 2 rings (SSSR count). The number of hydrogen-bond acceptors (Lipinski definition) is 2. The summed E-state index contributed by atoms with van der Waals surface area (Å²) in [4.78, 5) is 12.1. The van der Waals surface area contributed by atoms with Crippen molar-refractivity contribution in [2.45, 2.75) is 38.8 Å². The number of nitrogens with zero attached hydrogens (tertiary/aromatic N) is 2. The molecule has 1 heterocycles. The van der Waals surface area contributed by atoms with E-state index in [2.05, 4.69) is 0 Å². The lowest BCUT2D eigenvalue weighted by Crippen LogP contribution is -2.32. The van der Waals surface area contributed by atoms with Crippen LogP contribution in [-0.2, 0) is 13.6 Å². The highest BCUT2D eigenvalue weighted by atomic mass is 35.5. The van der Waals surface area contributed by atoms with Gasteiger partial charge in [0.05, 0.1) is 5.52 Å². The van der Waals surface area contributed by atoms with E-state index in [1.165, 1.54) is 15.2 Å². The third-order valence-corrected chi connectivity index (χ3v) is 3.32. The highest BCUT2D eigenvalue weighted by Gasteiger charge is 2.15. The van der Waals surface area contributed by atoms with E-state index in [1.54, 1.807) is 19.2 Å². The van der Waals surface area contributed by atoms with Crippen LogP contribution in [0.4, 0.5) is 4.39 Å². The van der Waals surface area contributed by atoms with E-state index in [0.717, 1.165) is 12.8 Å². The number of nitrogens with two attached hydrogens (primary N) is 1. The van der Waals surface area contributed by atoms with E-state index in [1.807, 2.05) is 13.8 Å². The summed E-state index contributed by atoms with van der Waals surface area (Å²) in [5.41, 5.74) is 6.46. The Morgan fingerprint density at radius 2 is 2.00 bits per heavy atom. The molecule has 0 unspecified atom stereocenters. The van der Waals surface area contributed by atoms with E-state index < -0.39 is 0 Å². The molecule has 0 spiro atoms. The van der Waals surface area contributed by atoms with Crippen LogP contribution in [0.2, 0.25) is 0 Å². The zero-order valence-corrected chi connectivity index (χ0v) is 12.8. The van der Waals surface area contributed by atoms with Crippen LogP contribution in [0, 0.1) is 5.82 Å². The summed E-state index contributed by atoms with van der Waals surface area (Å²) in [5, 5.41) is 0. The van der Waals surface area contributed by atoms with Gasteiger partial charge in [-0.25, -0.2) is 9.18 Å². The summed E-state index contributed by atoms with van der Waals surface area (Å²) >= 11 is 0. The third kappa shape index (κ3) is 3.22. The number of fused-ring (bicyclic) bond motifs is 1. The van der Waals surface area contributed by atoms with Crippen LogP contribution in [0.25, 0.3) is 11.0 Å². The van der Waals surface area contributed by atoms with Gasteiger partial charge >= 0.3 is 5.69 Å².